The molecule has 3 aliphatic rings. The summed E-state index contributed by atoms with van der Waals surface area (Å²) < 4.78 is 3.87. The number of nitrogens with zero attached hydrogens (tertiary/aromatic N) is 6. The number of aryl methyl sites for hydroxylation is 4. The lowest BCUT2D eigenvalue weighted by Gasteiger charge is -2.30. The van der Waals surface area contributed by atoms with E-state index in [2.05, 4.69) is 34.6 Å². The number of aromatic nitrogens is 5. The van der Waals surface area contributed by atoms with Crippen molar-refractivity contribution in [3.05, 3.63) is 87.7 Å². The standard InChI is InChI=1S/C33H34N6O3/c1-20-26-9-10-28-31(20)35-36-39(28)12-5-3-4-6-21-14-24-16-29(37(2)32(24)34-18-21)33(42)38-13-11-22-7-8-23(15-25(22)19-38)27(26)17-30(40)41/h7-10,14-16,18,27H,3-6,11-13,17,19H2,1-2H3,(H,40,41)/t27-/m1/s1. The lowest BCUT2D eigenvalue weighted by Crippen LogP contribution is -2.37. The van der Waals surface area contributed by atoms with Gasteiger partial charge in [0.25, 0.3) is 5.91 Å². The number of carbonyl (C=O) groups excluding carboxylic acids is 1. The molecule has 9 nitrogen and oxygen atoms in total. The van der Waals surface area contributed by atoms with Crippen molar-refractivity contribution in [3.63, 3.8) is 0 Å². The molecule has 10 bridgehead atoms. The van der Waals surface area contributed by atoms with E-state index in [1.807, 2.05) is 52.5 Å². The van der Waals surface area contributed by atoms with Gasteiger partial charge in [-0.25, -0.2) is 9.67 Å². The fourth-order valence-electron chi connectivity index (χ4n) is 6.81. The summed E-state index contributed by atoms with van der Waals surface area (Å²) in [5, 5.41) is 19.9. The van der Waals surface area contributed by atoms with Crippen molar-refractivity contribution in [1.29, 1.82) is 0 Å². The van der Waals surface area contributed by atoms with Gasteiger partial charge in [0.1, 0.15) is 16.9 Å². The van der Waals surface area contributed by atoms with E-state index in [1.165, 1.54) is 11.1 Å². The third-order valence-corrected chi connectivity index (χ3v) is 9.15. The molecule has 8 rings (SSSR count). The number of carboxylic acid groups (broad SMARTS) is 1. The van der Waals surface area contributed by atoms with Gasteiger partial charge < -0.3 is 14.6 Å². The number of aliphatic carboxylic acids is 1. The van der Waals surface area contributed by atoms with E-state index in [0.717, 1.165) is 83.0 Å². The highest BCUT2D eigenvalue weighted by Crippen LogP contribution is 2.35. The third kappa shape index (κ3) is 4.53. The Morgan fingerprint density at radius 3 is 2.76 bits per heavy atom. The SMILES string of the molecule is Cc1c2ccc3c1nnn3CCCCCc1cnc3c(c1)cc(n3C)C(=O)N1CCc3ccc(cc3C1)[C@H]2CC(=O)O. The Kier molecular flexibility index (Phi) is 6.52. The zero-order valence-electron chi connectivity index (χ0n) is 24.0. The molecule has 3 aromatic heterocycles. The molecule has 0 saturated heterocycles. The molecule has 1 N–H and O–H groups in total. The first-order chi connectivity index (χ1) is 20.4. The minimum Gasteiger partial charge on any atom is -0.481 e. The molecule has 0 unspecified atom stereocenters. The van der Waals surface area contributed by atoms with Crippen molar-refractivity contribution in [3.8, 4) is 0 Å². The topological polar surface area (TPSA) is 106 Å². The van der Waals surface area contributed by atoms with Crippen molar-refractivity contribution in [2.75, 3.05) is 6.54 Å². The van der Waals surface area contributed by atoms with Crippen LogP contribution in [0.1, 0.15) is 75.5 Å². The van der Waals surface area contributed by atoms with Crippen LogP contribution in [0.2, 0.25) is 0 Å². The van der Waals surface area contributed by atoms with E-state index >= 15 is 0 Å². The average molecular weight is 563 g/mol. The Bertz CT molecular complexity index is 1870. The predicted molar refractivity (Wildman–Crippen MR) is 160 cm³/mol. The first kappa shape index (κ1) is 26.4. The number of carboxylic acids is 1. The Labute approximate surface area is 243 Å². The minimum absolute atomic E-state index is 0.0123. The molecule has 0 saturated carbocycles. The summed E-state index contributed by atoms with van der Waals surface area (Å²) in [7, 11) is 1.91. The Balaban J connectivity index is 1.33. The number of hydrogen-bond donors (Lipinski definition) is 1. The van der Waals surface area contributed by atoms with Crippen LogP contribution in [0.15, 0.2) is 48.7 Å². The number of hydrogen-bond acceptors (Lipinski definition) is 5. The summed E-state index contributed by atoms with van der Waals surface area (Å²) in [5.74, 6) is -1.21. The number of amides is 1. The summed E-state index contributed by atoms with van der Waals surface area (Å²) in [5.41, 5.74) is 9.53. The van der Waals surface area contributed by atoms with Gasteiger partial charge in [-0.05, 0) is 84.2 Å². The maximum atomic E-state index is 13.8. The van der Waals surface area contributed by atoms with Gasteiger partial charge in [0.15, 0.2) is 0 Å². The second-order valence-electron chi connectivity index (χ2n) is 11.8. The number of benzene rings is 2. The second kappa shape index (κ2) is 10.4. The smallest absolute Gasteiger partial charge is 0.304 e. The molecule has 42 heavy (non-hydrogen) atoms. The normalized spacial score (nSPS) is 17.5. The van der Waals surface area contributed by atoms with Crippen LogP contribution in [0.5, 0.6) is 0 Å². The molecule has 0 fully saturated rings. The zero-order chi connectivity index (χ0) is 29.0. The van der Waals surface area contributed by atoms with Crippen LogP contribution in [0.3, 0.4) is 0 Å². The summed E-state index contributed by atoms with van der Waals surface area (Å²) in [6.45, 7) is 3.91. The van der Waals surface area contributed by atoms with Gasteiger partial charge in [0.05, 0.1) is 11.9 Å². The molecule has 2 aromatic carbocycles. The predicted octanol–water partition coefficient (Wildman–Crippen LogP) is 5.16. The summed E-state index contributed by atoms with van der Waals surface area (Å²) >= 11 is 0. The van der Waals surface area contributed by atoms with Gasteiger partial charge in [-0.2, -0.15) is 0 Å². The summed E-state index contributed by atoms with van der Waals surface area (Å²) in [4.78, 5) is 32.5. The molecule has 5 aromatic rings. The lowest BCUT2D eigenvalue weighted by molar-refractivity contribution is -0.137. The van der Waals surface area contributed by atoms with Crippen LogP contribution >= 0.6 is 0 Å². The van der Waals surface area contributed by atoms with Gasteiger partial charge in [0, 0.05) is 44.2 Å². The number of carbonyl (C=O) groups is 2. The van der Waals surface area contributed by atoms with Crippen LogP contribution in [0.25, 0.3) is 22.1 Å². The largest absolute Gasteiger partial charge is 0.481 e. The van der Waals surface area contributed by atoms with Gasteiger partial charge in [-0.15, -0.1) is 5.10 Å². The molecule has 1 amide bonds. The second-order valence-corrected chi connectivity index (χ2v) is 11.8. The van der Waals surface area contributed by atoms with E-state index in [0.29, 0.717) is 18.8 Å². The van der Waals surface area contributed by atoms with Gasteiger partial charge in [0.2, 0.25) is 0 Å². The van der Waals surface area contributed by atoms with Crippen molar-refractivity contribution in [1.82, 2.24) is 29.4 Å². The Hall–Kier alpha value is -4.53. The highest BCUT2D eigenvalue weighted by atomic mass is 16.4. The van der Waals surface area contributed by atoms with E-state index in [9.17, 15) is 14.7 Å². The molecule has 0 aliphatic carbocycles. The van der Waals surface area contributed by atoms with Crippen molar-refractivity contribution in [2.45, 2.75) is 64.5 Å². The van der Waals surface area contributed by atoms with E-state index in [1.54, 1.807) is 0 Å². The zero-order valence-corrected chi connectivity index (χ0v) is 24.0. The first-order valence-electron chi connectivity index (χ1n) is 14.8. The van der Waals surface area contributed by atoms with Crippen LogP contribution in [-0.4, -0.2) is 53.0 Å². The van der Waals surface area contributed by atoms with Gasteiger partial charge >= 0.3 is 5.97 Å². The van der Waals surface area contributed by atoms with Crippen LogP contribution in [-0.2, 0) is 37.8 Å². The lowest BCUT2D eigenvalue weighted by atomic mass is 9.83. The van der Waals surface area contributed by atoms with Crippen molar-refractivity contribution in [2.24, 2.45) is 7.05 Å². The third-order valence-electron chi connectivity index (χ3n) is 9.15. The van der Waals surface area contributed by atoms with Crippen molar-refractivity contribution < 1.29 is 14.7 Å². The van der Waals surface area contributed by atoms with Crippen LogP contribution in [0, 0.1) is 6.92 Å². The van der Waals surface area contributed by atoms with Crippen LogP contribution < -0.4 is 0 Å². The fraction of sp³-hybridized carbons (Fsp3) is 0.364. The van der Waals surface area contributed by atoms with Gasteiger partial charge in [-0.1, -0.05) is 35.9 Å². The van der Waals surface area contributed by atoms with Crippen molar-refractivity contribution >= 4 is 33.9 Å². The van der Waals surface area contributed by atoms with E-state index in [-0.39, 0.29) is 18.2 Å². The van der Waals surface area contributed by atoms with Crippen LogP contribution in [0.4, 0.5) is 0 Å². The molecule has 0 spiro atoms. The number of rotatable bonds is 2. The van der Waals surface area contributed by atoms with E-state index in [4.69, 9.17) is 4.98 Å². The molecule has 9 heteroatoms. The first-order valence-corrected chi connectivity index (χ1v) is 14.8. The molecular formula is C33H34N6O3. The minimum atomic E-state index is -0.855. The Morgan fingerprint density at radius 2 is 1.90 bits per heavy atom. The molecular weight excluding hydrogens is 528 g/mol. The molecule has 1 atom stereocenters. The molecule has 3 aliphatic heterocycles. The molecule has 6 heterocycles. The highest BCUT2D eigenvalue weighted by molar-refractivity contribution is 5.98. The fourth-order valence-corrected chi connectivity index (χ4v) is 6.81. The quantitative estimate of drug-likeness (QED) is 0.319. The maximum absolute atomic E-state index is 13.8. The summed E-state index contributed by atoms with van der Waals surface area (Å²) in [6.07, 6.45) is 6.64. The van der Waals surface area contributed by atoms with Gasteiger partial charge in [-0.3, -0.25) is 9.59 Å². The molecule has 214 valence electrons. The maximum Gasteiger partial charge on any atom is 0.304 e. The average Bonchev–Trinajstić information content (AvgIpc) is 3.55. The van der Waals surface area contributed by atoms with E-state index < -0.39 is 5.97 Å². The Morgan fingerprint density at radius 1 is 1.02 bits per heavy atom. The number of fused-ring (bicyclic) bond motifs is 5. The summed E-state index contributed by atoms with van der Waals surface area (Å²) in [6, 6.07) is 14.5. The highest BCUT2D eigenvalue weighted by Gasteiger charge is 2.27. The molecule has 0 radical (unpaired) electrons. The number of pyridine rings is 1. The monoisotopic (exact) mass is 562 g/mol.